The third kappa shape index (κ3) is 4.44. The van der Waals surface area contributed by atoms with Gasteiger partial charge in [-0.3, -0.25) is 5.32 Å². The molecule has 3 nitrogen and oxygen atoms in total. The van der Waals surface area contributed by atoms with E-state index in [-0.39, 0.29) is 21.9 Å². The van der Waals surface area contributed by atoms with Crippen LogP contribution >= 0.6 is 8.81 Å². The van der Waals surface area contributed by atoms with Crippen LogP contribution in [-0.4, -0.2) is 29.4 Å². The number of rotatable bonds is 8. The SMILES string of the molecule is CC(C)C(C)(C)OBC1(C)NC1(C)OPC(C)(C)C(C)C. The van der Waals surface area contributed by atoms with Gasteiger partial charge in [0.1, 0.15) is 5.72 Å². The van der Waals surface area contributed by atoms with Crippen LogP contribution in [0.5, 0.6) is 0 Å². The zero-order valence-corrected chi connectivity index (χ0v) is 16.7. The van der Waals surface area contributed by atoms with E-state index in [4.69, 9.17) is 9.18 Å². The van der Waals surface area contributed by atoms with Crippen LogP contribution in [0, 0.1) is 11.8 Å². The summed E-state index contributed by atoms with van der Waals surface area (Å²) in [5, 5.41) is 3.72. The van der Waals surface area contributed by atoms with E-state index in [9.17, 15) is 0 Å². The second-order valence-corrected chi connectivity index (χ2v) is 10.3. The third-order valence-corrected chi connectivity index (χ3v) is 7.20. The molecule has 1 fully saturated rings. The van der Waals surface area contributed by atoms with E-state index in [2.05, 4.69) is 74.6 Å². The van der Waals surface area contributed by atoms with Gasteiger partial charge in [-0.2, -0.15) is 0 Å². The van der Waals surface area contributed by atoms with Gasteiger partial charge < -0.3 is 9.18 Å². The average molecular weight is 315 g/mol. The number of nitrogens with one attached hydrogen (secondary N) is 1. The lowest BCUT2D eigenvalue weighted by molar-refractivity contribution is 0.0595. The Hall–Kier alpha value is 0.375. The molecule has 1 aliphatic heterocycles. The average Bonchev–Trinajstić information content (AvgIpc) is 2.88. The molecule has 1 rings (SSSR count). The molecule has 1 heterocycles. The summed E-state index contributed by atoms with van der Waals surface area (Å²) in [5.41, 5.74) is -0.447. The molecule has 3 atom stereocenters. The van der Waals surface area contributed by atoms with Crippen molar-refractivity contribution in [2.75, 3.05) is 0 Å². The Morgan fingerprint density at radius 1 is 1.00 bits per heavy atom. The van der Waals surface area contributed by atoms with Crippen LogP contribution in [0.4, 0.5) is 0 Å². The Morgan fingerprint density at radius 3 is 1.95 bits per heavy atom. The fraction of sp³-hybridized carbons (Fsp3) is 1.00. The first-order valence-corrected chi connectivity index (χ1v) is 9.05. The summed E-state index contributed by atoms with van der Waals surface area (Å²) in [4.78, 5) is 0. The Balaban J connectivity index is 2.53. The molecule has 0 amide bonds. The van der Waals surface area contributed by atoms with Gasteiger partial charge in [-0.05, 0) is 39.5 Å². The maximum absolute atomic E-state index is 6.24. The molecule has 0 aromatic heterocycles. The summed E-state index contributed by atoms with van der Waals surface area (Å²) >= 11 is 0. The van der Waals surface area contributed by atoms with Gasteiger partial charge >= 0.3 is 0 Å². The van der Waals surface area contributed by atoms with E-state index in [1.165, 1.54) is 0 Å². The van der Waals surface area contributed by atoms with Gasteiger partial charge in [0.2, 0.25) is 0 Å². The molecule has 5 heteroatoms. The largest absolute Gasteiger partial charge is 0.432 e. The minimum absolute atomic E-state index is 0.0841. The van der Waals surface area contributed by atoms with Crippen molar-refractivity contribution < 1.29 is 9.18 Å². The van der Waals surface area contributed by atoms with Crippen LogP contribution < -0.4 is 5.32 Å². The molecule has 3 unspecified atom stereocenters. The standard InChI is InChI=1S/C16H35BNO2P/c1-11(2)13(5,6)19-17-15(9)16(10,18-15)20-21-14(7,8)12(3)4/h11-12,17-18,21H,1-10H3. The molecular weight excluding hydrogens is 280 g/mol. The van der Waals surface area contributed by atoms with Crippen molar-refractivity contribution in [1.29, 1.82) is 0 Å². The summed E-state index contributed by atoms with van der Waals surface area (Å²) < 4.78 is 12.4. The highest BCUT2D eigenvalue weighted by Gasteiger charge is 2.64. The Labute approximate surface area is 134 Å². The smallest absolute Gasteiger partial charge is 0.300 e. The second kappa shape index (κ2) is 6.11. The van der Waals surface area contributed by atoms with E-state index in [0.717, 1.165) is 0 Å². The summed E-state index contributed by atoms with van der Waals surface area (Å²) in [5.74, 6) is 1.11. The van der Waals surface area contributed by atoms with E-state index in [1.807, 2.05) is 0 Å². The van der Waals surface area contributed by atoms with Crippen molar-refractivity contribution in [3.05, 3.63) is 0 Å². The minimum atomic E-state index is -0.259. The molecule has 0 aromatic carbocycles. The zero-order chi connectivity index (χ0) is 16.7. The van der Waals surface area contributed by atoms with Crippen LogP contribution in [0.1, 0.15) is 69.2 Å². The normalized spacial score (nSPS) is 30.7. The van der Waals surface area contributed by atoms with Crippen LogP contribution in [0.15, 0.2) is 0 Å². The lowest BCUT2D eigenvalue weighted by atomic mass is 9.75. The number of hydrogen-bond donors (Lipinski definition) is 1. The molecule has 0 radical (unpaired) electrons. The zero-order valence-electron chi connectivity index (χ0n) is 15.7. The van der Waals surface area contributed by atoms with Crippen LogP contribution in [-0.2, 0) is 9.18 Å². The second-order valence-electron chi connectivity index (χ2n) is 8.62. The molecular formula is C16H35BNO2P. The molecule has 21 heavy (non-hydrogen) atoms. The highest BCUT2D eigenvalue weighted by Crippen LogP contribution is 2.49. The van der Waals surface area contributed by atoms with Crippen molar-refractivity contribution in [3.8, 4) is 0 Å². The van der Waals surface area contributed by atoms with Gasteiger partial charge in [-0.1, -0.05) is 41.5 Å². The molecule has 0 aliphatic carbocycles. The van der Waals surface area contributed by atoms with E-state index < -0.39 is 0 Å². The first kappa shape index (κ1) is 19.4. The van der Waals surface area contributed by atoms with Gasteiger partial charge in [-0.25, -0.2) is 0 Å². The molecule has 0 spiro atoms. The highest BCUT2D eigenvalue weighted by atomic mass is 31.1. The quantitative estimate of drug-likeness (QED) is 0.420. The maximum Gasteiger partial charge on any atom is 0.300 e. The van der Waals surface area contributed by atoms with Crippen molar-refractivity contribution in [3.63, 3.8) is 0 Å². The molecule has 1 N–H and O–H groups in total. The molecule has 0 aromatic rings. The third-order valence-electron chi connectivity index (χ3n) is 5.59. The first-order valence-electron chi connectivity index (χ1n) is 8.14. The van der Waals surface area contributed by atoms with Crippen molar-refractivity contribution in [1.82, 2.24) is 5.32 Å². The van der Waals surface area contributed by atoms with Gasteiger partial charge in [0.25, 0.3) is 7.48 Å². The molecule has 1 saturated heterocycles. The van der Waals surface area contributed by atoms with Crippen molar-refractivity contribution in [2.45, 2.75) is 91.2 Å². The fourth-order valence-corrected chi connectivity index (χ4v) is 2.63. The van der Waals surface area contributed by atoms with Gasteiger partial charge in [0.05, 0.1) is 5.44 Å². The van der Waals surface area contributed by atoms with Gasteiger partial charge in [0.15, 0.2) is 0 Å². The Kier molecular flexibility index (Phi) is 5.65. The maximum atomic E-state index is 6.24. The van der Waals surface area contributed by atoms with Crippen molar-refractivity contribution in [2.24, 2.45) is 11.8 Å². The van der Waals surface area contributed by atoms with Crippen LogP contribution in [0.3, 0.4) is 0 Å². The van der Waals surface area contributed by atoms with Gasteiger partial charge in [-0.15, -0.1) is 0 Å². The van der Waals surface area contributed by atoms with Gasteiger partial charge in [0, 0.05) is 19.6 Å². The van der Waals surface area contributed by atoms with Crippen molar-refractivity contribution >= 4 is 16.3 Å². The predicted molar refractivity (Wildman–Crippen MR) is 95.4 cm³/mol. The molecule has 0 bridgehead atoms. The summed E-state index contributed by atoms with van der Waals surface area (Å²) in [6, 6.07) is 0. The predicted octanol–water partition coefficient (Wildman–Crippen LogP) is 3.87. The van der Waals surface area contributed by atoms with E-state index in [0.29, 0.717) is 28.1 Å². The number of hydrogen-bond acceptors (Lipinski definition) is 3. The topological polar surface area (TPSA) is 40.4 Å². The van der Waals surface area contributed by atoms with E-state index >= 15 is 0 Å². The summed E-state index contributed by atoms with van der Waals surface area (Å²) in [6.07, 6.45) is 0. The Morgan fingerprint density at radius 2 is 1.52 bits per heavy atom. The monoisotopic (exact) mass is 315 g/mol. The summed E-state index contributed by atoms with van der Waals surface area (Å²) in [6.45, 7) is 22.1. The summed E-state index contributed by atoms with van der Waals surface area (Å²) in [7, 11) is 1.17. The Bertz CT molecular complexity index is 339. The minimum Gasteiger partial charge on any atom is -0.432 e. The lowest BCUT2D eigenvalue weighted by Gasteiger charge is -2.32. The molecule has 1 aliphatic rings. The highest BCUT2D eigenvalue weighted by molar-refractivity contribution is 7.34. The van der Waals surface area contributed by atoms with Crippen LogP contribution in [0.2, 0.25) is 0 Å². The first-order chi connectivity index (χ1) is 9.26. The van der Waals surface area contributed by atoms with E-state index in [1.54, 1.807) is 0 Å². The molecule has 124 valence electrons. The molecule has 0 saturated carbocycles. The van der Waals surface area contributed by atoms with Crippen LogP contribution in [0.25, 0.3) is 0 Å². The lowest BCUT2D eigenvalue weighted by Crippen LogP contribution is -2.39. The fourth-order valence-electron chi connectivity index (χ4n) is 1.66.